The van der Waals surface area contributed by atoms with Crippen LogP contribution in [0.5, 0.6) is 5.75 Å². The highest BCUT2D eigenvalue weighted by Gasteiger charge is 2.05. The number of anilines is 1. The van der Waals surface area contributed by atoms with Crippen LogP contribution in [0.4, 0.5) is 5.69 Å². The molecule has 0 aliphatic rings. The van der Waals surface area contributed by atoms with Crippen LogP contribution in [-0.2, 0) is 4.79 Å². The molecule has 0 heterocycles. The second-order valence-electron chi connectivity index (χ2n) is 4.79. The van der Waals surface area contributed by atoms with Crippen molar-refractivity contribution in [2.24, 2.45) is 5.10 Å². The van der Waals surface area contributed by atoms with Crippen molar-refractivity contribution in [2.75, 3.05) is 11.9 Å². The zero-order valence-corrected chi connectivity index (χ0v) is 15.5. The molecule has 0 spiro atoms. The lowest BCUT2D eigenvalue weighted by atomic mass is 10.2. The molecule has 7 heteroatoms. The summed E-state index contributed by atoms with van der Waals surface area (Å²) in [6.07, 6.45) is 1.46. The minimum Gasteiger partial charge on any atom is -0.507 e. The van der Waals surface area contributed by atoms with E-state index in [1.165, 1.54) is 12.3 Å². The van der Waals surface area contributed by atoms with Crippen LogP contribution in [0.3, 0.4) is 0 Å². The van der Waals surface area contributed by atoms with Crippen LogP contribution in [0.25, 0.3) is 0 Å². The number of hydrogen-bond donors (Lipinski definition) is 3. The van der Waals surface area contributed by atoms with Gasteiger partial charge in [0.15, 0.2) is 0 Å². The summed E-state index contributed by atoms with van der Waals surface area (Å²) >= 11 is 6.58. The number of aryl methyl sites for hydroxylation is 1. The quantitative estimate of drug-likeness (QED) is 0.489. The summed E-state index contributed by atoms with van der Waals surface area (Å²) in [5.74, 6) is -0.163. The van der Waals surface area contributed by atoms with Gasteiger partial charge in [-0.05, 0) is 46.6 Å². The number of carbonyl (C=O) groups is 1. The summed E-state index contributed by atoms with van der Waals surface area (Å²) < 4.78 is 1.33. The number of phenolic OH excluding ortho intramolecular Hbond substituents is 1. The SMILES string of the molecule is Cc1ccccc1NCC(=O)NN=Cc1cc(O)c(Br)cc1Br. The molecule has 0 saturated heterocycles. The summed E-state index contributed by atoms with van der Waals surface area (Å²) in [6, 6.07) is 11.0. The first-order chi connectivity index (χ1) is 11.0. The summed E-state index contributed by atoms with van der Waals surface area (Å²) in [5.41, 5.74) is 5.06. The van der Waals surface area contributed by atoms with Gasteiger partial charge in [-0.1, -0.05) is 34.1 Å². The standard InChI is InChI=1S/C16H15Br2N3O2/c1-10-4-2-3-5-14(10)19-9-16(23)21-20-8-11-6-15(22)13(18)7-12(11)17/h2-8,19,22H,9H2,1H3,(H,21,23). The maximum atomic E-state index is 11.8. The van der Waals surface area contributed by atoms with E-state index >= 15 is 0 Å². The minimum atomic E-state index is -0.262. The first-order valence-electron chi connectivity index (χ1n) is 6.77. The van der Waals surface area contributed by atoms with Gasteiger partial charge in [-0.2, -0.15) is 5.10 Å². The summed E-state index contributed by atoms with van der Waals surface area (Å²) in [5, 5.41) is 16.6. The average molecular weight is 441 g/mol. The number of para-hydroxylation sites is 1. The molecule has 0 fully saturated rings. The van der Waals surface area contributed by atoms with Crippen LogP contribution >= 0.6 is 31.9 Å². The predicted octanol–water partition coefficient (Wildman–Crippen LogP) is 3.79. The van der Waals surface area contributed by atoms with E-state index in [9.17, 15) is 9.90 Å². The number of phenols is 1. The maximum Gasteiger partial charge on any atom is 0.259 e. The minimum absolute atomic E-state index is 0.0993. The third kappa shape index (κ3) is 5.07. The molecule has 0 bridgehead atoms. The third-order valence-electron chi connectivity index (χ3n) is 3.04. The van der Waals surface area contributed by atoms with E-state index in [4.69, 9.17) is 0 Å². The van der Waals surface area contributed by atoms with Gasteiger partial charge in [-0.25, -0.2) is 5.43 Å². The van der Waals surface area contributed by atoms with Crippen molar-refractivity contribution in [3.8, 4) is 5.75 Å². The molecule has 1 amide bonds. The van der Waals surface area contributed by atoms with Gasteiger partial charge >= 0.3 is 0 Å². The zero-order valence-electron chi connectivity index (χ0n) is 12.3. The van der Waals surface area contributed by atoms with Gasteiger partial charge in [0.05, 0.1) is 17.2 Å². The Balaban J connectivity index is 1.89. The van der Waals surface area contributed by atoms with Crippen LogP contribution < -0.4 is 10.7 Å². The van der Waals surface area contributed by atoms with Crippen molar-refractivity contribution in [3.63, 3.8) is 0 Å². The highest BCUT2D eigenvalue weighted by atomic mass is 79.9. The first-order valence-corrected chi connectivity index (χ1v) is 8.35. The number of hydrazone groups is 1. The molecule has 0 aromatic heterocycles. The molecule has 120 valence electrons. The number of aromatic hydroxyl groups is 1. The molecule has 5 nitrogen and oxygen atoms in total. The van der Waals surface area contributed by atoms with Gasteiger partial charge in [0, 0.05) is 15.7 Å². The maximum absolute atomic E-state index is 11.8. The third-order valence-corrected chi connectivity index (χ3v) is 4.37. The molecule has 3 N–H and O–H groups in total. The first kappa shape index (κ1) is 17.5. The van der Waals surface area contributed by atoms with Gasteiger partial charge in [0.2, 0.25) is 0 Å². The van der Waals surface area contributed by atoms with Crippen LogP contribution in [0.15, 0.2) is 50.4 Å². The molecule has 2 aromatic carbocycles. The molecule has 0 unspecified atom stereocenters. The molecule has 2 aromatic rings. The lowest BCUT2D eigenvalue weighted by molar-refractivity contribution is -0.119. The van der Waals surface area contributed by atoms with E-state index in [1.54, 1.807) is 6.07 Å². The van der Waals surface area contributed by atoms with E-state index in [0.29, 0.717) is 10.0 Å². The Morgan fingerprint density at radius 2 is 2.00 bits per heavy atom. The lowest BCUT2D eigenvalue weighted by Gasteiger charge is -2.08. The van der Waals surface area contributed by atoms with Crippen molar-refractivity contribution >= 4 is 49.7 Å². The molecule has 0 aliphatic heterocycles. The number of amides is 1. The van der Waals surface area contributed by atoms with Crippen LogP contribution in [-0.4, -0.2) is 23.8 Å². The Kier molecular flexibility index (Phi) is 6.18. The fourth-order valence-electron chi connectivity index (χ4n) is 1.81. The van der Waals surface area contributed by atoms with E-state index in [0.717, 1.165) is 15.7 Å². The Morgan fingerprint density at radius 3 is 2.74 bits per heavy atom. The highest BCUT2D eigenvalue weighted by molar-refractivity contribution is 9.11. The van der Waals surface area contributed by atoms with Crippen LogP contribution in [0.2, 0.25) is 0 Å². The Hall–Kier alpha value is -1.86. The van der Waals surface area contributed by atoms with Crippen molar-refractivity contribution in [1.82, 2.24) is 5.43 Å². The molecular formula is C16H15Br2N3O2. The average Bonchev–Trinajstić information content (AvgIpc) is 2.51. The molecule has 0 aliphatic carbocycles. The number of halogens is 2. The van der Waals surface area contributed by atoms with Gasteiger partial charge in [0.1, 0.15) is 5.75 Å². The predicted molar refractivity (Wildman–Crippen MR) is 98.9 cm³/mol. The molecular weight excluding hydrogens is 426 g/mol. The van der Waals surface area contributed by atoms with Crippen molar-refractivity contribution in [2.45, 2.75) is 6.92 Å². The lowest BCUT2D eigenvalue weighted by Crippen LogP contribution is -2.26. The molecule has 0 radical (unpaired) electrons. The molecule has 2 rings (SSSR count). The molecule has 23 heavy (non-hydrogen) atoms. The second kappa shape index (κ2) is 8.12. The van der Waals surface area contributed by atoms with Gasteiger partial charge in [-0.15, -0.1) is 0 Å². The normalized spacial score (nSPS) is 10.7. The summed E-state index contributed by atoms with van der Waals surface area (Å²) in [7, 11) is 0. The number of nitrogens with zero attached hydrogens (tertiary/aromatic N) is 1. The van der Waals surface area contributed by atoms with Gasteiger partial charge < -0.3 is 10.4 Å². The van der Waals surface area contributed by atoms with Crippen molar-refractivity contribution < 1.29 is 9.90 Å². The topological polar surface area (TPSA) is 73.7 Å². The molecule has 0 atom stereocenters. The fourth-order valence-corrected chi connectivity index (χ4v) is 2.91. The van der Waals surface area contributed by atoms with Crippen molar-refractivity contribution in [1.29, 1.82) is 0 Å². The number of hydrogen-bond acceptors (Lipinski definition) is 4. The van der Waals surface area contributed by atoms with Crippen LogP contribution in [0, 0.1) is 6.92 Å². The number of carbonyl (C=O) groups excluding carboxylic acids is 1. The van der Waals surface area contributed by atoms with Gasteiger partial charge in [-0.3, -0.25) is 4.79 Å². The summed E-state index contributed by atoms with van der Waals surface area (Å²) in [6.45, 7) is 2.09. The number of nitrogens with one attached hydrogen (secondary N) is 2. The molecule has 0 saturated carbocycles. The Bertz CT molecular complexity index is 748. The second-order valence-corrected chi connectivity index (χ2v) is 6.50. The fraction of sp³-hybridized carbons (Fsp3) is 0.125. The van der Waals surface area contributed by atoms with E-state index in [2.05, 4.69) is 47.7 Å². The Labute approximate surface area is 151 Å². The summed E-state index contributed by atoms with van der Waals surface area (Å²) in [4.78, 5) is 11.8. The van der Waals surface area contributed by atoms with Crippen molar-refractivity contribution in [3.05, 3.63) is 56.5 Å². The van der Waals surface area contributed by atoms with Gasteiger partial charge in [0.25, 0.3) is 5.91 Å². The van der Waals surface area contributed by atoms with E-state index in [-0.39, 0.29) is 18.2 Å². The van der Waals surface area contributed by atoms with E-state index < -0.39 is 0 Å². The monoisotopic (exact) mass is 439 g/mol. The van der Waals surface area contributed by atoms with Crippen LogP contribution in [0.1, 0.15) is 11.1 Å². The zero-order chi connectivity index (χ0) is 16.8. The largest absolute Gasteiger partial charge is 0.507 e. The smallest absolute Gasteiger partial charge is 0.259 e. The Morgan fingerprint density at radius 1 is 1.26 bits per heavy atom. The highest BCUT2D eigenvalue weighted by Crippen LogP contribution is 2.29. The van der Waals surface area contributed by atoms with E-state index in [1.807, 2.05) is 31.2 Å². The number of rotatable bonds is 5. The number of benzene rings is 2.